The van der Waals surface area contributed by atoms with Crippen LogP contribution in [0.1, 0.15) is 16.7 Å². The number of benzene rings is 3. The van der Waals surface area contributed by atoms with Gasteiger partial charge in [0.1, 0.15) is 17.5 Å². The molecule has 1 N–H and O–H groups in total. The van der Waals surface area contributed by atoms with Gasteiger partial charge in [-0.2, -0.15) is 0 Å². The third-order valence-corrected chi connectivity index (χ3v) is 5.62. The van der Waals surface area contributed by atoms with E-state index in [1.165, 1.54) is 11.6 Å². The largest absolute Gasteiger partial charge is 0.382 e. The molecule has 0 amide bonds. The quantitative estimate of drug-likeness (QED) is 0.685. The van der Waals surface area contributed by atoms with Crippen LogP contribution in [0.25, 0.3) is 0 Å². The molecule has 1 fully saturated rings. The van der Waals surface area contributed by atoms with Crippen LogP contribution in [0.5, 0.6) is 0 Å². The predicted octanol–water partition coefficient (Wildman–Crippen LogP) is 4.16. The topological polar surface area (TPSA) is 32.7 Å². The van der Waals surface area contributed by atoms with E-state index < -0.39 is 11.7 Å². The van der Waals surface area contributed by atoms with Gasteiger partial charge in [-0.15, -0.1) is 0 Å². The van der Waals surface area contributed by atoms with Crippen LogP contribution >= 0.6 is 0 Å². The van der Waals surface area contributed by atoms with Crippen molar-refractivity contribution in [2.24, 2.45) is 0 Å². The van der Waals surface area contributed by atoms with Gasteiger partial charge in [0.15, 0.2) is 0 Å². The highest BCUT2D eigenvalue weighted by Crippen LogP contribution is 2.34. The summed E-state index contributed by atoms with van der Waals surface area (Å²) >= 11 is 0. The molecule has 0 spiro atoms. The molecule has 3 nitrogen and oxygen atoms in total. The van der Waals surface area contributed by atoms with Gasteiger partial charge < -0.3 is 9.84 Å². The number of morpholine rings is 1. The van der Waals surface area contributed by atoms with Gasteiger partial charge in [-0.3, -0.25) is 4.90 Å². The maximum atomic E-state index is 14.4. The number of ether oxygens (including phenoxy) is 1. The first-order valence-corrected chi connectivity index (χ1v) is 10.0. The normalized spacial score (nSPS) is 19.6. The van der Waals surface area contributed by atoms with E-state index in [4.69, 9.17) is 4.74 Å². The molecule has 150 valence electrons. The summed E-state index contributed by atoms with van der Waals surface area (Å²) in [5, 5.41) is 11.9. The lowest BCUT2D eigenvalue weighted by Crippen LogP contribution is -2.53. The van der Waals surface area contributed by atoms with Gasteiger partial charge in [-0.05, 0) is 22.8 Å². The minimum Gasteiger partial charge on any atom is -0.382 e. The summed E-state index contributed by atoms with van der Waals surface area (Å²) in [6.45, 7) is 2.71. The monoisotopic (exact) mass is 391 g/mol. The Hall–Kier alpha value is -2.53. The molecule has 0 unspecified atom stereocenters. The average molecular weight is 391 g/mol. The number of hydrogen-bond donors (Lipinski definition) is 1. The zero-order valence-corrected chi connectivity index (χ0v) is 16.4. The van der Waals surface area contributed by atoms with Crippen molar-refractivity contribution in [3.8, 4) is 0 Å². The lowest BCUT2D eigenvalue weighted by molar-refractivity contribution is -0.150. The molecular formula is C25H26FNO2. The molecule has 29 heavy (non-hydrogen) atoms. The van der Waals surface area contributed by atoms with E-state index >= 15 is 0 Å². The van der Waals surface area contributed by atoms with Gasteiger partial charge >= 0.3 is 0 Å². The van der Waals surface area contributed by atoms with E-state index in [1.807, 2.05) is 48.5 Å². The van der Waals surface area contributed by atoms with Crippen LogP contribution in [0.4, 0.5) is 4.39 Å². The van der Waals surface area contributed by atoms with Gasteiger partial charge in [-0.25, -0.2) is 4.39 Å². The van der Waals surface area contributed by atoms with Crippen molar-refractivity contribution in [3.63, 3.8) is 0 Å². The number of halogens is 1. The smallest absolute Gasteiger partial charge is 0.126 e. The van der Waals surface area contributed by atoms with Crippen LogP contribution in [-0.4, -0.2) is 35.8 Å². The molecule has 2 atom stereocenters. The fraction of sp³-hybridized carbons (Fsp3) is 0.280. The van der Waals surface area contributed by atoms with Crippen molar-refractivity contribution in [3.05, 3.63) is 107 Å². The van der Waals surface area contributed by atoms with Crippen LogP contribution in [0, 0.1) is 5.82 Å². The summed E-state index contributed by atoms with van der Waals surface area (Å²) in [6.07, 6.45) is -0.296. The van der Waals surface area contributed by atoms with Crippen LogP contribution in [0.15, 0.2) is 84.9 Å². The van der Waals surface area contributed by atoms with E-state index in [0.717, 1.165) is 18.7 Å². The Morgan fingerprint density at radius 3 is 2.31 bits per heavy atom. The highest BCUT2D eigenvalue weighted by molar-refractivity contribution is 5.29. The van der Waals surface area contributed by atoms with Crippen LogP contribution < -0.4 is 0 Å². The Labute approximate surface area is 171 Å². The van der Waals surface area contributed by atoms with E-state index in [9.17, 15) is 9.50 Å². The van der Waals surface area contributed by atoms with E-state index in [2.05, 4.69) is 17.0 Å². The zero-order chi connectivity index (χ0) is 20.1. The molecule has 3 aromatic carbocycles. The van der Waals surface area contributed by atoms with Crippen molar-refractivity contribution >= 4 is 0 Å². The molecule has 1 aliphatic rings. The van der Waals surface area contributed by atoms with Gasteiger partial charge in [0.25, 0.3) is 0 Å². The second-order valence-electron chi connectivity index (χ2n) is 7.64. The average Bonchev–Trinajstić information content (AvgIpc) is 2.77. The van der Waals surface area contributed by atoms with Crippen molar-refractivity contribution in [2.75, 3.05) is 19.7 Å². The highest BCUT2D eigenvalue weighted by Gasteiger charge is 2.42. The first-order chi connectivity index (χ1) is 14.1. The molecule has 0 radical (unpaired) electrons. The summed E-state index contributed by atoms with van der Waals surface area (Å²) < 4.78 is 20.5. The molecular weight excluding hydrogens is 365 g/mol. The molecule has 0 saturated carbocycles. The molecule has 1 saturated heterocycles. The van der Waals surface area contributed by atoms with E-state index in [1.54, 1.807) is 18.2 Å². The molecule has 4 rings (SSSR count). The molecule has 4 heteroatoms. The first kappa shape index (κ1) is 19.8. The van der Waals surface area contributed by atoms with Gasteiger partial charge in [0.05, 0.1) is 6.61 Å². The maximum Gasteiger partial charge on any atom is 0.126 e. The lowest BCUT2D eigenvalue weighted by atomic mass is 9.81. The third kappa shape index (κ3) is 4.56. The minimum atomic E-state index is -1.32. The SMILES string of the molecule is O[C@](Cc1ccccc1F)(c1ccccc1)[C@H]1CN(Cc2ccccc2)CCO1. The first-order valence-electron chi connectivity index (χ1n) is 10.0. The molecule has 0 aromatic heterocycles. The maximum absolute atomic E-state index is 14.4. The van der Waals surface area contributed by atoms with Crippen molar-refractivity contribution in [2.45, 2.75) is 24.7 Å². The standard InChI is InChI=1S/C25H26FNO2/c26-23-14-8-7-11-21(23)17-25(28,22-12-5-2-6-13-22)24-19-27(15-16-29-24)18-20-9-3-1-4-10-20/h1-14,24,28H,15-19H2/t24-,25-/m1/s1. The molecule has 1 aliphatic heterocycles. The van der Waals surface area contributed by atoms with Crippen LogP contribution in [-0.2, 0) is 23.3 Å². The van der Waals surface area contributed by atoms with E-state index in [0.29, 0.717) is 18.7 Å². The van der Waals surface area contributed by atoms with Gasteiger partial charge in [-0.1, -0.05) is 78.9 Å². The number of aliphatic hydroxyl groups is 1. The van der Waals surface area contributed by atoms with Crippen molar-refractivity contribution < 1.29 is 14.2 Å². The summed E-state index contributed by atoms with van der Waals surface area (Å²) in [5.41, 5.74) is 1.14. The number of nitrogens with zero attached hydrogens (tertiary/aromatic N) is 1. The summed E-state index contributed by atoms with van der Waals surface area (Å²) in [7, 11) is 0. The fourth-order valence-electron chi connectivity index (χ4n) is 4.04. The molecule has 0 bridgehead atoms. The fourth-order valence-corrected chi connectivity index (χ4v) is 4.04. The van der Waals surface area contributed by atoms with Crippen molar-refractivity contribution in [1.82, 2.24) is 4.90 Å². The van der Waals surface area contributed by atoms with Crippen LogP contribution in [0.3, 0.4) is 0 Å². The van der Waals surface area contributed by atoms with Crippen molar-refractivity contribution in [1.29, 1.82) is 0 Å². The molecule has 0 aliphatic carbocycles. The minimum absolute atomic E-state index is 0.160. The van der Waals surface area contributed by atoms with Gasteiger partial charge in [0.2, 0.25) is 0 Å². The number of rotatable bonds is 6. The summed E-state index contributed by atoms with van der Waals surface area (Å²) in [6, 6.07) is 26.4. The van der Waals surface area contributed by atoms with Crippen LogP contribution in [0.2, 0.25) is 0 Å². The van der Waals surface area contributed by atoms with Gasteiger partial charge in [0, 0.05) is 26.1 Å². The summed E-state index contributed by atoms with van der Waals surface area (Å²) in [4.78, 5) is 2.29. The Morgan fingerprint density at radius 2 is 1.59 bits per heavy atom. The zero-order valence-electron chi connectivity index (χ0n) is 16.4. The number of hydrogen-bond acceptors (Lipinski definition) is 3. The Kier molecular flexibility index (Phi) is 6.05. The van der Waals surface area contributed by atoms with E-state index in [-0.39, 0.29) is 12.2 Å². The Bertz CT molecular complexity index is 918. The summed E-state index contributed by atoms with van der Waals surface area (Å²) in [5.74, 6) is -0.307. The third-order valence-electron chi connectivity index (χ3n) is 5.62. The molecule has 3 aromatic rings. The second kappa shape index (κ2) is 8.87. The lowest BCUT2D eigenvalue weighted by Gasteiger charge is -2.42. The molecule has 1 heterocycles. The predicted molar refractivity (Wildman–Crippen MR) is 112 cm³/mol. The Balaban J connectivity index is 1.61. The Morgan fingerprint density at radius 1 is 0.931 bits per heavy atom. The second-order valence-corrected chi connectivity index (χ2v) is 7.64. The highest BCUT2D eigenvalue weighted by atomic mass is 19.1.